The number of aryl methyl sites for hydroxylation is 1. The van der Waals surface area contributed by atoms with Crippen LogP contribution in [0, 0.1) is 0 Å². The minimum Gasteiger partial charge on any atom is -0.344 e. The van der Waals surface area contributed by atoms with Crippen LogP contribution >= 0.6 is 15.9 Å². The molecule has 96 valence electrons. The summed E-state index contributed by atoms with van der Waals surface area (Å²) in [6.45, 7) is 0. The highest BCUT2D eigenvalue weighted by Gasteiger charge is 2.23. The van der Waals surface area contributed by atoms with Gasteiger partial charge in [-0.1, -0.05) is 24.3 Å². The molecule has 0 saturated heterocycles. The quantitative estimate of drug-likeness (QED) is 0.924. The Bertz CT molecular complexity index is 610. The van der Waals surface area contributed by atoms with Gasteiger partial charge in [0.05, 0.1) is 6.04 Å². The van der Waals surface area contributed by atoms with Crippen LogP contribution < -0.4 is 5.32 Å². The molecular formula is C15H13BrN2O. The Morgan fingerprint density at radius 1 is 1.26 bits per heavy atom. The lowest BCUT2D eigenvalue weighted by molar-refractivity contribution is 0.0931. The third-order valence-corrected chi connectivity index (χ3v) is 3.87. The Labute approximate surface area is 120 Å². The summed E-state index contributed by atoms with van der Waals surface area (Å²) in [6.07, 6.45) is 3.62. The highest BCUT2D eigenvalue weighted by Crippen LogP contribution is 2.30. The van der Waals surface area contributed by atoms with Gasteiger partial charge in [0.25, 0.3) is 5.91 Å². The molecule has 0 saturated carbocycles. The molecule has 1 aliphatic rings. The zero-order valence-corrected chi connectivity index (χ0v) is 11.9. The van der Waals surface area contributed by atoms with Crippen LogP contribution in [0.25, 0.3) is 0 Å². The van der Waals surface area contributed by atoms with E-state index < -0.39 is 0 Å². The second-order valence-electron chi connectivity index (χ2n) is 4.63. The Hall–Kier alpha value is -1.68. The zero-order valence-electron chi connectivity index (χ0n) is 10.3. The van der Waals surface area contributed by atoms with Crippen LogP contribution in [-0.2, 0) is 6.42 Å². The van der Waals surface area contributed by atoms with E-state index in [1.807, 2.05) is 18.2 Å². The molecule has 0 aliphatic heterocycles. The number of halogens is 1. The predicted octanol–water partition coefficient (Wildman–Crippen LogP) is 3.26. The van der Waals surface area contributed by atoms with Crippen molar-refractivity contribution in [1.82, 2.24) is 10.3 Å². The van der Waals surface area contributed by atoms with Gasteiger partial charge < -0.3 is 5.32 Å². The number of pyridine rings is 1. The monoisotopic (exact) mass is 316 g/mol. The predicted molar refractivity (Wildman–Crippen MR) is 76.9 cm³/mol. The lowest BCUT2D eigenvalue weighted by Crippen LogP contribution is -2.27. The maximum Gasteiger partial charge on any atom is 0.270 e. The molecule has 0 fully saturated rings. The number of nitrogens with one attached hydrogen (secondary N) is 1. The Morgan fingerprint density at radius 2 is 2.11 bits per heavy atom. The van der Waals surface area contributed by atoms with Crippen LogP contribution in [0.4, 0.5) is 0 Å². The Balaban J connectivity index is 1.76. The van der Waals surface area contributed by atoms with Crippen molar-refractivity contribution in [3.8, 4) is 0 Å². The molecule has 1 atom stereocenters. The molecule has 2 aromatic rings. The lowest BCUT2D eigenvalue weighted by atomic mass is 10.1. The maximum absolute atomic E-state index is 12.1. The molecule has 1 aliphatic carbocycles. The van der Waals surface area contributed by atoms with Crippen LogP contribution in [0.15, 0.2) is 47.1 Å². The van der Waals surface area contributed by atoms with Crippen molar-refractivity contribution in [3.63, 3.8) is 0 Å². The van der Waals surface area contributed by atoms with Crippen LogP contribution in [0.2, 0.25) is 0 Å². The SMILES string of the molecule is O=C(NC1CCc2ccccc21)c1ccc(Br)cn1. The first kappa shape index (κ1) is 12.4. The normalized spacial score (nSPS) is 17.0. The molecule has 1 amide bonds. The summed E-state index contributed by atoms with van der Waals surface area (Å²) in [5.41, 5.74) is 3.01. The first-order valence-corrected chi connectivity index (χ1v) is 7.03. The average Bonchev–Trinajstić information content (AvgIpc) is 2.83. The average molecular weight is 317 g/mol. The third kappa shape index (κ3) is 2.54. The number of hydrogen-bond acceptors (Lipinski definition) is 2. The van der Waals surface area contributed by atoms with Crippen molar-refractivity contribution in [2.45, 2.75) is 18.9 Å². The zero-order chi connectivity index (χ0) is 13.2. The number of fused-ring (bicyclic) bond motifs is 1. The van der Waals surface area contributed by atoms with Gasteiger partial charge in [0.2, 0.25) is 0 Å². The topological polar surface area (TPSA) is 42.0 Å². The molecule has 3 rings (SSSR count). The van der Waals surface area contributed by atoms with E-state index in [2.05, 4.69) is 38.4 Å². The van der Waals surface area contributed by atoms with E-state index in [4.69, 9.17) is 0 Å². The van der Waals surface area contributed by atoms with E-state index in [0.29, 0.717) is 5.69 Å². The van der Waals surface area contributed by atoms with Crippen molar-refractivity contribution >= 4 is 21.8 Å². The molecule has 3 nitrogen and oxygen atoms in total. The molecule has 1 aromatic carbocycles. The van der Waals surface area contributed by atoms with E-state index >= 15 is 0 Å². The summed E-state index contributed by atoms with van der Waals surface area (Å²) in [5.74, 6) is -0.116. The van der Waals surface area contributed by atoms with Gasteiger partial charge in [-0.15, -0.1) is 0 Å². The van der Waals surface area contributed by atoms with Gasteiger partial charge >= 0.3 is 0 Å². The van der Waals surface area contributed by atoms with Crippen molar-refractivity contribution in [2.24, 2.45) is 0 Å². The van der Waals surface area contributed by atoms with Gasteiger partial charge in [0.15, 0.2) is 0 Å². The van der Waals surface area contributed by atoms with Gasteiger partial charge in [-0.25, -0.2) is 4.98 Å². The number of aromatic nitrogens is 1. The molecule has 0 spiro atoms. The van der Waals surface area contributed by atoms with E-state index in [0.717, 1.165) is 17.3 Å². The Kier molecular flexibility index (Phi) is 3.34. The molecule has 0 radical (unpaired) electrons. The van der Waals surface area contributed by atoms with Crippen molar-refractivity contribution < 1.29 is 4.79 Å². The highest BCUT2D eigenvalue weighted by molar-refractivity contribution is 9.10. The summed E-state index contributed by atoms with van der Waals surface area (Å²) < 4.78 is 0.871. The number of carbonyl (C=O) groups excluding carboxylic acids is 1. The maximum atomic E-state index is 12.1. The summed E-state index contributed by atoms with van der Waals surface area (Å²) in [4.78, 5) is 16.3. The first-order chi connectivity index (χ1) is 9.24. The smallest absolute Gasteiger partial charge is 0.270 e. The second kappa shape index (κ2) is 5.13. The molecule has 1 aromatic heterocycles. The molecule has 19 heavy (non-hydrogen) atoms. The van der Waals surface area contributed by atoms with Crippen LogP contribution in [0.3, 0.4) is 0 Å². The second-order valence-corrected chi connectivity index (χ2v) is 5.54. The minimum absolute atomic E-state index is 0.106. The van der Waals surface area contributed by atoms with Crippen LogP contribution in [-0.4, -0.2) is 10.9 Å². The third-order valence-electron chi connectivity index (χ3n) is 3.40. The van der Waals surface area contributed by atoms with Gasteiger partial charge in [-0.3, -0.25) is 4.79 Å². The van der Waals surface area contributed by atoms with E-state index in [1.165, 1.54) is 11.1 Å². The van der Waals surface area contributed by atoms with E-state index in [9.17, 15) is 4.79 Å². The van der Waals surface area contributed by atoms with Crippen molar-refractivity contribution in [1.29, 1.82) is 0 Å². The first-order valence-electron chi connectivity index (χ1n) is 6.24. The molecule has 4 heteroatoms. The summed E-state index contributed by atoms with van der Waals surface area (Å²) in [7, 11) is 0. The number of rotatable bonds is 2. The minimum atomic E-state index is -0.116. The molecule has 1 N–H and O–H groups in total. The fourth-order valence-electron chi connectivity index (χ4n) is 2.45. The summed E-state index contributed by atoms with van der Waals surface area (Å²) in [6, 6.07) is 11.9. The fraction of sp³-hybridized carbons (Fsp3) is 0.200. The van der Waals surface area contributed by atoms with Gasteiger partial charge in [0, 0.05) is 10.7 Å². The fourth-order valence-corrected chi connectivity index (χ4v) is 2.68. The number of benzene rings is 1. The summed E-state index contributed by atoms with van der Waals surface area (Å²) >= 11 is 3.31. The van der Waals surface area contributed by atoms with Gasteiger partial charge in [-0.2, -0.15) is 0 Å². The highest BCUT2D eigenvalue weighted by atomic mass is 79.9. The van der Waals surface area contributed by atoms with Gasteiger partial charge in [0.1, 0.15) is 5.69 Å². The van der Waals surface area contributed by atoms with Crippen molar-refractivity contribution in [3.05, 3.63) is 63.9 Å². The molecular weight excluding hydrogens is 304 g/mol. The van der Waals surface area contributed by atoms with Crippen LogP contribution in [0.5, 0.6) is 0 Å². The van der Waals surface area contributed by atoms with E-state index in [-0.39, 0.29) is 11.9 Å². The van der Waals surface area contributed by atoms with Crippen molar-refractivity contribution in [2.75, 3.05) is 0 Å². The molecule has 1 unspecified atom stereocenters. The summed E-state index contributed by atoms with van der Waals surface area (Å²) in [5, 5.41) is 3.05. The number of hydrogen-bond donors (Lipinski definition) is 1. The number of amides is 1. The molecule has 0 bridgehead atoms. The lowest BCUT2D eigenvalue weighted by Gasteiger charge is -2.13. The standard InChI is InChI=1S/C15H13BrN2O/c16-11-6-8-14(17-9-11)15(19)18-13-7-5-10-3-1-2-4-12(10)13/h1-4,6,8-9,13H,5,7H2,(H,18,19). The largest absolute Gasteiger partial charge is 0.344 e. The van der Waals surface area contributed by atoms with E-state index in [1.54, 1.807) is 12.3 Å². The number of nitrogens with zero attached hydrogens (tertiary/aromatic N) is 1. The van der Waals surface area contributed by atoms with Crippen LogP contribution in [0.1, 0.15) is 34.1 Å². The Morgan fingerprint density at radius 3 is 2.89 bits per heavy atom. The van der Waals surface area contributed by atoms with Gasteiger partial charge in [-0.05, 0) is 52.0 Å². The number of carbonyl (C=O) groups is 1. The molecule has 1 heterocycles.